The zero-order chi connectivity index (χ0) is 13.3. The highest BCUT2D eigenvalue weighted by Crippen LogP contribution is 2.34. The first-order valence-electron chi connectivity index (χ1n) is 6.41. The van der Waals surface area contributed by atoms with Crippen molar-refractivity contribution in [2.24, 2.45) is 0 Å². The normalized spacial score (nSPS) is 16.7. The first-order chi connectivity index (χ1) is 8.54. The lowest BCUT2D eigenvalue weighted by atomic mass is 9.98. The van der Waals surface area contributed by atoms with Crippen molar-refractivity contribution in [3.8, 4) is 0 Å². The number of nitrogens with zero attached hydrogens (tertiary/aromatic N) is 1. The van der Waals surface area contributed by atoms with Gasteiger partial charge in [-0.3, -0.25) is 4.90 Å². The van der Waals surface area contributed by atoms with Gasteiger partial charge in [0, 0.05) is 6.04 Å². The number of benzene rings is 1. The molecule has 0 aliphatic heterocycles. The van der Waals surface area contributed by atoms with Gasteiger partial charge in [0.05, 0.1) is 7.11 Å². The number of hydrogen-bond donors (Lipinski definition) is 0. The average molecular weight is 247 g/mol. The molecule has 1 aliphatic carbocycles. The number of aryl methyl sites for hydroxylation is 2. The van der Waals surface area contributed by atoms with Crippen LogP contribution in [0.5, 0.6) is 0 Å². The monoisotopic (exact) mass is 247 g/mol. The third-order valence-electron chi connectivity index (χ3n) is 3.67. The van der Waals surface area contributed by atoms with Crippen LogP contribution in [0.15, 0.2) is 18.2 Å². The van der Waals surface area contributed by atoms with Gasteiger partial charge in [0.15, 0.2) is 0 Å². The van der Waals surface area contributed by atoms with E-state index in [1.165, 1.54) is 25.5 Å². The number of esters is 1. The standard InChI is InChI=1S/C15H21NO2/c1-10-5-8-13(11(2)9-10)14(15(17)18-4)16(3)12-6-7-12/h5,8-9,12,14H,6-7H2,1-4H3. The number of carbonyl (C=O) groups is 1. The van der Waals surface area contributed by atoms with Gasteiger partial charge < -0.3 is 4.74 Å². The minimum Gasteiger partial charge on any atom is -0.468 e. The summed E-state index contributed by atoms with van der Waals surface area (Å²) < 4.78 is 4.97. The summed E-state index contributed by atoms with van der Waals surface area (Å²) in [5.41, 5.74) is 3.42. The van der Waals surface area contributed by atoms with E-state index in [4.69, 9.17) is 4.74 Å². The van der Waals surface area contributed by atoms with Crippen molar-refractivity contribution >= 4 is 5.97 Å². The highest BCUT2D eigenvalue weighted by molar-refractivity contribution is 5.78. The van der Waals surface area contributed by atoms with Crippen molar-refractivity contribution in [2.45, 2.75) is 38.8 Å². The van der Waals surface area contributed by atoms with E-state index in [-0.39, 0.29) is 12.0 Å². The van der Waals surface area contributed by atoms with Crippen LogP contribution in [0.1, 0.15) is 35.6 Å². The van der Waals surface area contributed by atoms with E-state index >= 15 is 0 Å². The lowest BCUT2D eigenvalue weighted by Crippen LogP contribution is -2.33. The van der Waals surface area contributed by atoms with E-state index < -0.39 is 0 Å². The van der Waals surface area contributed by atoms with Crippen LogP contribution in [-0.4, -0.2) is 31.1 Å². The van der Waals surface area contributed by atoms with Gasteiger partial charge in [0.1, 0.15) is 6.04 Å². The van der Waals surface area contributed by atoms with Gasteiger partial charge in [-0.1, -0.05) is 23.8 Å². The Labute approximate surface area is 109 Å². The fourth-order valence-corrected chi connectivity index (χ4v) is 2.45. The number of likely N-dealkylation sites (N-methyl/N-ethyl adjacent to an activating group) is 1. The molecular weight excluding hydrogens is 226 g/mol. The largest absolute Gasteiger partial charge is 0.468 e. The van der Waals surface area contributed by atoms with Crippen LogP contribution in [0.3, 0.4) is 0 Å². The van der Waals surface area contributed by atoms with Crippen molar-refractivity contribution in [1.29, 1.82) is 0 Å². The number of hydrogen-bond acceptors (Lipinski definition) is 3. The van der Waals surface area contributed by atoms with Crippen LogP contribution in [-0.2, 0) is 9.53 Å². The van der Waals surface area contributed by atoms with Gasteiger partial charge in [-0.05, 0) is 44.9 Å². The lowest BCUT2D eigenvalue weighted by molar-refractivity contribution is -0.147. The van der Waals surface area contributed by atoms with Gasteiger partial charge in [-0.2, -0.15) is 0 Å². The smallest absolute Gasteiger partial charge is 0.327 e. The minimum atomic E-state index is -0.275. The highest BCUT2D eigenvalue weighted by Gasteiger charge is 2.36. The van der Waals surface area contributed by atoms with Crippen molar-refractivity contribution in [2.75, 3.05) is 14.2 Å². The predicted octanol–water partition coefficient (Wildman–Crippen LogP) is 2.61. The number of methoxy groups -OCH3 is 1. The minimum absolute atomic E-state index is 0.170. The van der Waals surface area contributed by atoms with Gasteiger partial charge in [0.25, 0.3) is 0 Å². The fraction of sp³-hybridized carbons (Fsp3) is 0.533. The topological polar surface area (TPSA) is 29.5 Å². The molecule has 3 heteroatoms. The molecule has 1 aromatic rings. The van der Waals surface area contributed by atoms with Crippen molar-refractivity contribution in [1.82, 2.24) is 4.90 Å². The molecule has 0 heterocycles. The van der Waals surface area contributed by atoms with Gasteiger partial charge >= 0.3 is 5.97 Å². The Hall–Kier alpha value is -1.35. The van der Waals surface area contributed by atoms with Gasteiger partial charge in [0.2, 0.25) is 0 Å². The summed E-state index contributed by atoms with van der Waals surface area (Å²) in [5.74, 6) is -0.170. The Kier molecular flexibility index (Phi) is 3.71. The Morgan fingerprint density at radius 2 is 2.06 bits per heavy atom. The molecule has 0 N–H and O–H groups in total. The third-order valence-corrected chi connectivity index (χ3v) is 3.67. The predicted molar refractivity (Wildman–Crippen MR) is 71.5 cm³/mol. The van der Waals surface area contributed by atoms with E-state index in [9.17, 15) is 4.79 Å². The molecule has 1 atom stereocenters. The van der Waals surface area contributed by atoms with Crippen LogP contribution in [0.2, 0.25) is 0 Å². The number of ether oxygens (including phenoxy) is 1. The molecule has 18 heavy (non-hydrogen) atoms. The maximum Gasteiger partial charge on any atom is 0.327 e. The number of carbonyl (C=O) groups excluding carboxylic acids is 1. The molecule has 1 fully saturated rings. The third kappa shape index (κ3) is 2.56. The van der Waals surface area contributed by atoms with Crippen LogP contribution >= 0.6 is 0 Å². The molecule has 98 valence electrons. The molecule has 0 saturated heterocycles. The van der Waals surface area contributed by atoms with E-state index in [1.807, 2.05) is 13.1 Å². The second-order valence-electron chi connectivity index (χ2n) is 5.18. The molecule has 0 bridgehead atoms. The Morgan fingerprint density at radius 3 is 2.56 bits per heavy atom. The first kappa shape index (κ1) is 13.1. The van der Waals surface area contributed by atoms with E-state index in [0.29, 0.717) is 6.04 Å². The molecule has 0 aromatic heterocycles. The summed E-state index contributed by atoms with van der Waals surface area (Å²) in [6, 6.07) is 6.47. The SMILES string of the molecule is COC(=O)C(c1ccc(C)cc1C)N(C)C1CC1. The Bertz CT molecular complexity index is 452. The van der Waals surface area contributed by atoms with Crippen LogP contribution < -0.4 is 0 Å². The maximum atomic E-state index is 12.1. The zero-order valence-corrected chi connectivity index (χ0v) is 11.6. The molecule has 2 rings (SSSR count). The lowest BCUT2D eigenvalue weighted by Gasteiger charge is -2.27. The summed E-state index contributed by atoms with van der Waals surface area (Å²) in [4.78, 5) is 14.2. The van der Waals surface area contributed by atoms with Crippen LogP contribution in [0.25, 0.3) is 0 Å². The summed E-state index contributed by atoms with van der Waals surface area (Å²) >= 11 is 0. The second-order valence-corrected chi connectivity index (χ2v) is 5.18. The quantitative estimate of drug-likeness (QED) is 0.766. The van der Waals surface area contributed by atoms with Crippen LogP contribution in [0.4, 0.5) is 0 Å². The second kappa shape index (κ2) is 5.11. The molecule has 1 aromatic carbocycles. The number of rotatable bonds is 4. The molecule has 0 amide bonds. The first-order valence-corrected chi connectivity index (χ1v) is 6.41. The molecule has 1 unspecified atom stereocenters. The van der Waals surface area contributed by atoms with Crippen LogP contribution in [0, 0.1) is 13.8 Å². The fourth-order valence-electron chi connectivity index (χ4n) is 2.45. The van der Waals surface area contributed by atoms with Gasteiger partial charge in [-0.15, -0.1) is 0 Å². The molecule has 0 spiro atoms. The maximum absolute atomic E-state index is 12.1. The van der Waals surface area contributed by atoms with Crippen molar-refractivity contribution in [3.63, 3.8) is 0 Å². The van der Waals surface area contributed by atoms with Gasteiger partial charge in [-0.25, -0.2) is 4.79 Å². The summed E-state index contributed by atoms with van der Waals surface area (Å²) in [6.45, 7) is 4.12. The molecule has 1 saturated carbocycles. The Balaban J connectivity index is 2.35. The summed E-state index contributed by atoms with van der Waals surface area (Å²) in [5, 5.41) is 0. The summed E-state index contributed by atoms with van der Waals surface area (Å²) in [7, 11) is 3.47. The summed E-state index contributed by atoms with van der Waals surface area (Å²) in [6.07, 6.45) is 2.35. The zero-order valence-electron chi connectivity index (χ0n) is 11.6. The van der Waals surface area contributed by atoms with Crippen molar-refractivity contribution in [3.05, 3.63) is 34.9 Å². The van der Waals surface area contributed by atoms with E-state index in [2.05, 4.69) is 30.9 Å². The molecular formula is C15H21NO2. The molecule has 3 nitrogen and oxygen atoms in total. The molecule has 0 radical (unpaired) electrons. The highest BCUT2D eigenvalue weighted by atomic mass is 16.5. The average Bonchev–Trinajstić information content (AvgIpc) is 3.15. The molecule has 1 aliphatic rings. The Morgan fingerprint density at radius 1 is 1.39 bits per heavy atom. The van der Waals surface area contributed by atoms with E-state index in [0.717, 1.165) is 11.1 Å². The van der Waals surface area contributed by atoms with E-state index in [1.54, 1.807) is 0 Å². The van der Waals surface area contributed by atoms with Crippen molar-refractivity contribution < 1.29 is 9.53 Å².